The molecule has 1 aliphatic rings. The number of pyridine rings is 1. The van der Waals surface area contributed by atoms with Gasteiger partial charge in [-0.1, -0.05) is 11.6 Å². The van der Waals surface area contributed by atoms with E-state index in [0.717, 1.165) is 27.9 Å². The summed E-state index contributed by atoms with van der Waals surface area (Å²) >= 11 is 5.92. The number of benzene rings is 1. The van der Waals surface area contributed by atoms with Crippen molar-refractivity contribution >= 4 is 29.1 Å². The van der Waals surface area contributed by atoms with Gasteiger partial charge in [0.15, 0.2) is 5.78 Å². The highest BCUT2D eigenvalue weighted by atomic mass is 35.5. The Morgan fingerprint density at radius 1 is 1.21 bits per heavy atom. The van der Waals surface area contributed by atoms with E-state index in [2.05, 4.69) is 4.98 Å². The van der Waals surface area contributed by atoms with Crippen LogP contribution in [0.15, 0.2) is 30.5 Å². The molecule has 2 unspecified atom stereocenters. The molecule has 1 heterocycles. The molecule has 3 rings (SSSR count). The zero-order valence-corrected chi connectivity index (χ0v) is 17.9. The van der Waals surface area contributed by atoms with Crippen molar-refractivity contribution in [1.29, 1.82) is 0 Å². The van der Waals surface area contributed by atoms with Crippen LogP contribution in [-0.2, 0) is 14.4 Å². The Morgan fingerprint density at radius 3 is 2.41 bits per heavy atom. The van der Waals surface area contributed by atoms with Crippen LogP contribution in [-0.4, -0.2) is 40.9 Å². The molecular weight excluding hydrogens is 388 g/mol. The number of aryl methyl sites for hydroxylation is 2. The van der Waals surface area contributed by atoms with E-state index in [0.29, 0.717) is 11.6 Å². The highest BCUT2D eigenvalue weighted by Gasteiger charge is 2.44. The molecule has 152 valence electrons. The van der Waals surface area contributed by atoms with Crippen molar-refractivity contribution in [2.75, 3.05) is 13.6 Å². The number of ketones is 2. The van der Waals surface area contributed by atoms with Gasteiger partial charge in [-0.3, -0.25) is 19.4 Å². The average molecular weight is 413 g/mol. The highest BCUT2D eigenvalue weighted by molar-refractivity contribution is 6.30. The minimum Gasteiger partial charge on any atom is -0.346 e. The first-order valence-electron chi connectivity index (χ1n) is 9.76. The predicted molar refractivity (Wildman–Crippen MR) is 113 cm³/mol. The van der Waals surface area contributed by atoms with Crippen molar-refractivity contribution in [3.05, 3.63) is 52.2 Å². The van der Waals surface area contributed by atoms with Gasteiger partial charge in [0.2, 0.25) is 5.91 Å². The summed E-state index contributed by atoms with van der Waals surface area (Å²) in [6.07, 6.45) is 1.82. The number of Topliss-reactive ketones (excluding diaryl/α,β-unsaturated/α-hetero) is 2. The fraction of sp³-hybridized carbons (Fsp3) is 0.391. The zero-order chi connectivity index (χ0) is 21.3. The van der Waals surface area contributed by atoms with Gasteiger partial charge in [-0.05, 0) is 61.7 Å². The summed E-state index contributed by atoms with van der Waals surface area (Å²) in [5, 5.41) is 0.565. The molecule has 2 atom stereocenters. The van der Waals surface area contributed by atoms with E-state index in [1.54, 1.807) is 24.2 Å². The van der Waals surface area contributed by atoms with Crippen LogP contribution in [0.4, 0.5) is 0 Å². The minimum atomic E-state index is -0.785. The maximum absolute atomic E-state index is 13.0. The van der Waals surface area contributed by atoms with Gasteiger partial charge >= 0.3 is 0 Å². The molecule has 1 aromatic heterocycles. The van der Waals surface area contributed by atoms with Crippen LogP contribution in [0.25, 0.3) is 11.3 Å². The molecule has 29 heavy (non-hydrogen) atoms. The van der Waals surface area contributed by atoms with Gasteiger partial charge in [-0.25, -0.2) is 0 Å². The fourth-order valence-corrected chi connectivity index (χ4v) is 4.11. The molecule has 1 aliphatic carbocycles. The number of halogens is 1. The number of aromatic nitrogens is 1. The van der Waals surface area contributed by atoms with Crippen LogP contribution in [0.2, 0.25) is 5.02 Å². The Kier molecular flexibility index (Phi) is 6.18. The van der Waals surface area contributed by atoms with Crippen LogP contribution in [0.3, 0.4) is 0 Å². The number of nitrogens with zero attached hydrogens (tertiary/aromatic N) is 2. The van der Waals surface area contributed by atoms with Crippen LogP contribution in [0, 0.1) is 19.8 Å². The van der Waals surface area contributed by atoms with Gasteiger partial charge < -0.3 is 4.90 Å². The molecule has 1 amide bonds. The largest absolute Gasteiger partial charge is 0.346 e. The minimum absolute atomic E-state index is 0.0935. The molecule has 5 nitrogen and oxygen atoms in total. The van der Waals surface area contributed by atoms with Crippen molar-refractivity contribution in [1.82, 2.24) is 9.88 Å². The molecular formula is C23H25ClN2O3. The summed E-state index contributed by atoms with van der Waals surface area (Å²) in [6.45, 7) is 6.28. The highest BCUT2D eigenvalue weighted by Crippen LogP contribution is 2.38. The molecule has 1 fully saturated rings. The summed E-state index contributed by atoms with van der Waals surface area (Å²) in [5.74, 6) is -1.67. The molecule has 6 heteroatoms. The van der Waals surface area contributed by atoms with Crippen LogP contribution >= 0.6 is 11.6 Å². The van der Waals surface area contributed by atoms with Gasteiger partial charge in [-0.15, -0.1) is 0 Å². The van der Waals surface area contributed by atoms with Crippen LogP contribution in [0.1, 0.15) is 42.4 Å². The Balaban J connectivity index is 1.90. The van der Waals surface area contributed by atoms with E-state index < -0.39 is 11.8 Å². The topological polar surface area (TPSA) is 67.3 Å². The number of carbonyl (C=O) groups is 3. The number of amides is 1. The molecule has 1 aromatic carbocycles. The molecule has 0 saturated heterocycles. The van der Waals surface area contributed by atoms with Gasteiger partial charge in [0, 0.05) is 44.1 Å². The molecule has 0 aliphatic heterocycles. The predicted octanol–water partition coefficient (Wildman–Crippen LogP) is 4.13. The Morgan fingerprint density at radius 2 is 1.86 bits per heavy atom. The van der Waals surface area contributed by atoms with Crippen LogP contribution in [0.5, 0.6) is 0 Å². The van der Waals surface area contributed by atoms with E-state index in [1.807, 2.05) is 39.0 Å². The van der Waals surface area contributed by atoms with Crippen molar-refractivity contribution < 1.29 is 14.4 Å². The maximum atomic E-state index is 13.0. The lowest BCUT2D eigenvalue weighted by Gasteiger charge is -2.18. The van der Waals surface area contributed by atoms with E-state index in [4.69, 9.17) is 11.6 Å². The summed E-state index contributed by atoms with van der Waals surface area (Å²) in [7, 11) is 1.71. The molecule has 2 aromatic rings. The smallest absolute Gasteiger partial charge is 0.223 e. The first kappa shape index (κ1) is 21.2. The number of rotatable bonds is 5. The third-order valence-electron chi connectivity index (χ3n) is 5.68. The first-order valence-corrected chi connectivity index (χ1v) is 10.1. The Labute approximate surface area is 176 Å². The normalized spacial score (nSPS) is 18.9. The summed E-state index contributed by atoms with van der Waals surface area (Å²) in [5.41, 5.74) is 4.20. The van der Waals surface area contributed by atoms with E-state index >= 15 is 0 Å². The van der Waals surface area contributed by atoms with Gasteiger partial charge in [0.1, 0.15) is 11.7 Å². The van der Waals surface area contributed by atoms with Crippen molar-refractivity contribution in [2.45, 2.75) is 39.5 Å². The quantitative estimate of drug-likeness (QED) is 0.692. The van der Waals surface area contributed by atoms with Crippen molar-refractivity contribution in [3.63, 3.8) is 0 Å². The third kappa shape index (κ3) is 4.25. The summed E-state index contributed by atoms with van der Waals surface area (Å²) < 4.78 is 0. The molecule has 1 saturated carbocycles. The second-order valence-electron chi connectivity index (χ2n) is 7.70. The number of carbonyl (C=O) groups excluding carboxylic acids is 3. The summed E-state index contributed by atoms with van der Waals surface area (Å²) in [4.78, 5) is 43.9. The van der Waals surface area contributed by atoms with Crippen molar-refractivity contribution in [3.8, 4) is 11.3 Å². The third-order valence-corrected chi connectivity index (χ3v) is 5.91. The summed E-state index contributed by atoms with van der Waals surface area (Å²) in [6, 6.07) is 7.51. The lowest BCUT2D eigenvalue weighted by Crippen LogP contribution is -2.29. The lowest BCUT2D eigenvalue weighted by atomic mass is 9.85. The Bertz CT molecular complexity index is 946. The first-order chi connectivity index (χ1) is 13.7. The number of hydrogen-bond donors (Lipinski definition) is 0. The Hall–Kier alpha value is -2.53. The standard InChI is InChI=1S/C23H25ClN2O3/c1-5-26(4)20(28)11-16-10-19(27)22(23(16)29)21-13(2)8-15(9-14(21)3)18-7-6-17(24)12-25-18/h6-9,12,16,22H,5,10-11H2,1-4H3. The fourth-order valence-electron chi connectivity index (χ4n) is 4.00. The zero-order valence-electron chi connectivity index (χ0n) is 17.2. The number of hydrogen-bond acceptors (Lipinski definition) is 4. The second kappa shape index (κ2) is 8.46. The maximum Gasteiger partial charge on any atom is 0.223 e. The van der Waals surface area contributed by atoms with E-state index in [-0.39, 0.29) is 30.3 Å². The van der Waals surface area contributed by atoms with Gasteiger partial charge in [0.05, 0.1) is 10.7 Å². The van der Waals surface area contributed by atoms with Gasteiger partial charge in [-0.2, -0.15) is 0 Å². The SMILES string of the molecule is CCN(C)C(=O)CC1CC(=O)C(c2c(C)cc(-c3ccc(Cl)cn3)cc2C)C1=O. The van der Waals surface area contributed by atoms with Crippen LogP contribution < -0.4 is 0 Å². The molecule has 0 bridgehead atoms. The van der Waals surface area contributed by atoms with E-state index in [9.17, 15) is 14.4 Å². The molecule has 0 N–H and O–H groups in total. The molecule has 0 spiro atoms. The van der Waals surface area contributed by atoms with E-state index in [1.165, 1.54) is 0 Å². The van der Waals surface area contributed by atoms with Gasteiger partial charge in [0.25, 0.3) is 0 Å². The monoisotopic (exact) mass is 412 g/mol. The second-order valence-corrected chi connectivity index (χ2v) is 8.14. The lowest BCUT2D eigenvalue weighted by molar-refractivity contribution is -0.133. The average Bonchev–Trinajstić information content (AvgIpc) is 2.95. The van der Waals surface area contributed by atoms with Crippen molar-refractivity contribution in [2.24, 2.45) is 5.92 Å². The molecule has 0 radical (unpaired) electrons.